The first-order valence-electron chi connectivity index (χ1n) is 11.1. The lowest BCUT2D eigenvalue weighted by Gasteiger charge is -2.20. The van der Waals surface area contributed by atoms with Crippen molar-refractivity contribution in [1.82, 2.24) is 14.5 Å². The van der Waals surface area contributed by atoms with E-state index in [1.54, 1.807) is 18.2 Å². The second-order valence-electron chi connectivity index (χ2n) is 8.17. The zero-order valence-corrected chi connectivity index (χ0v) is 19.8. The van der Waals surface area contributed by atoms with Crippen LogP contribution in [0, 0.1) is 0 Å². The van der Waals surface area contributed by atoms with Crippen LogP contribution in [0.1, 0.15) is 23.2 Å². The summed E-state index contributed by atoms with van der Waals surface area (Å²) < 4.78 is 49.1. The Kier molecular flexibility index (Phi) is 6.41. The number of amides is 1. The lowest BCUT2D eigenvalue weighted by molar-refractivity contribution is 0.0979. The molecule has 2 aromatic carbocycles. The van der Waals surface area contributed by atoms with E-state index < -0.39 is 15.9 Å². The van der Waals surface area contributed by atoms with E-state index in [1.165, 1.54) is 35.6 Å². The maximum Gasteiger partial charge on any atom is 0.322 e. The average molecular weight is 501 g/mol. The quantitative estimate of drug-likeness (QED) is 0.519. The molecule has 1 unspecified atom stereocenters. The van der Waals surface area contributed by atoms with Crippen LogP contribution >= 0.6 is 0 Å². The highest BCUT2D eigenvalue weighted by molar-refractivity contribution is 7.89. The van der Waals surface area contributed by atoms with E-state index in [-0.39, 0.29) is 35.0 Å². The molecule has 0 aliphatic carbocycles. The molecule has 11 nitrogen and oxygen atoms in total. The summed E-state index contributed by atoms with van der Waals surface area (Å²) in [6.45, 7) is 1.88. The summed E-state index contributed by atoms with van der Waals surface area (Å²) in [5.41, 5.74) is 0.855. The van der Waals surface area contributed by atoms with Gasteiger partial charge in [0.1, 0.15) is 13.2 Å². The molecule has 2 aliphatic rings. The molecule has 1 aromatic heterocycles. The number of nitrogens with one attached hydrogen (secondary N) is 1. The Bertz CT molecular complexity index is 1320. The Morgan fingerprint density at radius 2 is 1.83 bits per heavy atom. The fourth-order valence-corrected chi connectivity index (χ4v) is 5.07. The summed E-state index contributed by atoms with van der Waals surface area (Å²) in [5, 5.41) is 10.4. The van der Waals surface area contributed by atoms with Gasteiger partial charge in [-0.3, -0.25) is 10.1 Å². The second-order valence-corrected chi connectivity index (χ2v) is 10.2. The van der Waals surface area contributed by atoms with Crippen molar-refractivity contribution in [2.75, 3.05) is 38.7 Å². The Morgan fingerprint density at radius 1 is 1.06 bits per heavy atom. The van der Waals surface area contributed by atoms with Crippen LogP contribution in [0.2, 0.25) is 0 Å². The van der Waals surface area contributed by atoms with Crippen molar-refractivity contribution < 1.29 is 31.8 Å². The number of carbonyl (C=O) groups is 1. The number of fused-ring (bicyclic) bond motifs is 1. The van der Waals surface area contributed by atoms with E-state index in [4.69, 9.17) is 18.6 Å². The number of nitrogens with zero attached hydrogens (tertiary/aromatic N) is 3. The molecule has 12 heteroatoms. The van der Waals surface area contributed by atoms with E-state index in [1.807, 2.05) is 0 Å². The number of rotatable bonds is 7. The lowest BCUT2D eigenvalue weighted by Crippen LogP contribution is -2.34. The molecule has 35 heavy (non-hydrogen) atoms. The van der Waals surface area contributed by atoms with Crippen LogP contribution < -0.4 is 14.8 Å². The number of hydrogen-bond acceptors (Lipinski definition) is 9. The minimum Gasteiger partial charge on any atom is -0.486 e. The average Bonchev–Trinajstić information content (AvgIpc) is 3.56. The third-order valence-electron chi connectivity index (χ3n) is 5.74. The Balaban J connectivity index is 1.24. The van der Waals surface area contributed by atoms with Gasteiger partial charge in [-0.1, -0.05) is 5.10 Å². The van der Waals surface area contributed by atoms with Crippen LogP contribution in [0.15, 0.2) is 51.8 Å². The predicted octanol–water partition coefficient (Wildman–Crippen LogP) is 2.56. The van der Waals surface area contributed by atoms with Crippen molar-refractivity contribution in [1.29, 1.82) is 0 Å². The summed E-state index contributed by atoms with van der Waals surface area (Å²) >= 11 is 0. The van der Waals surface area contributed by atoms with Crippen molar-refractivity contribution >= 4 is 21.9 Å². The van der Waals surface area contributed by atoms with Gasteiger partial charge in [0.2, 0.25) is 15.9 Å². The standard InChI is InChI=1S/C23H24N4O7S/c1-27(14-17-3-2-10-31-17)35(29,30)18-7-4-15(5-8-18)21(28)24-23-26-25-22(34-23)16-6-9-19-20(13-16)33-12-11-32-19/h4-9,13,17H,2-3,10-12,14H2,1H3,(H,24,26,28). The highest BCUT2D eigenvalue weighted by Crippen LogP contribution is 2.34. The third kappa shape index (κ3) is 4.99. The fraction of sp³-hybridized carbons (Fsp3) is 0.348. The Morgan fingerprint density at radius 3 is 2.57 bits per heavy atom. The summed E-state index contributed by atoms with van der Waals surface area (Å²) in [4.78, 5) is 12.7. The molecular weight excluding hydrogens is 476 g/mol. The van der Waals surface area contributed by atoms with Crippen LogP contribution in [0.3, 0.4) is 0 Å². The Hall–Kier alpha value is -3.48. The molecule has 3 heterocycles. The van der Waals surface area contributed by atoms with Gasteiger partial charge in [0.25, 0.3) is 5.91 Å². The minimum absolute atomic E-state index is 0.0899. The molecule has 0 spiro atoms. The summed E-state index contributed by atoms with van der Waals surface area (Å²) in [6.07, 6.45) is 1.67. The van der Waals surface area contributed by atoms with Gasteiger partial charge in [-0.15, -0.1) is 5.10 Å². The fourth-order valence-electron chi connectivity index (χ4n) is 3.87. The van der Waals surface area contributed by atoms with Gasteiger partial charge in [0, 0.05) is 31.3 Å². The van der Waals surface area contributed by atoms with Crippen LogP contribution in [0.4, 0.5) is 6.01 Å². The topological polar surface area (TPSA) is 133 Å². The maximum atomic E-state index is 12.8. The van der Waals surface area contributed by atoms with Gasteiger partial charge < -0.3 is 18.6 Å². The van der Waals surface area contributed by atoms with Gasteiger partial charge in [0.15, 0.2) is 11.5 Å². The van der Waals surface area contributed by atoms with Gasteiger partial charge in [-0.25, -0.2) is 8.42 Å². The molecule has 1 saturated heterocycles. The van der Waals surface area contributed by atoms with E-state index >= 15 is 0 Å². The number of likely N-dealkylation sites (N-methyl/N-ethyl adjacent to an activating group) is 1. The third-order valence-corrected chi connectivity index (χ3v) is 7.58. The monoisotopic (exact) mass is 500 g/mol. The van der Waals surface area contributed by atoms with Gasteiger partial charge in [-0.05, 0) is 55.3 Å². The molecule has 0 bridgehead atoms. The highest BCUT2D eigenvalue weighted by atomic mass is 32.2. The number of sulfonamides is 1. The van der Waals surface area contributed by atoms with Gasteiger partial charge in [-0.2, -0.15) is 4.31 Å². The van der Waals surface area contributed by atoms with E-state index in [2.05, 4.69) is 15.5 Å². The Labute approximate surface area is 202 Å². The van der Waals surface area contributed by atoms with Gasteiger partial charge in [0.05, 0.1) is 11.0 Å². The van der Waals surface area contributed by atoms with E-state index in [9.17, 15) is 13.2 Å². The van der Waals surface area contributed by atoms with E-state index in [0.717, 1.165) is 12.8 Å². The number of ether oxygens (including phenoxy) is 3. The zero-order valence-electron chi connectivity index (χ0n) is 19.0. The number of hydrogen-bond donors (Lipinski definition) is 1. The summed E-state index contributed by atoms with van der Waals surface area (Å²) in [7, 11) is -2.18. The largest absolute Gasteiger partial charge is 0.486 e. The molecule has 1 fully saturated rings. The zero-order chi connectivity index (χ0) is 24.4. The van der Waals surface area contributed by atoms with Crippen molar-refractivity contribution in [3.63, 3.8) is 0 Å². The molecule has 0 radical (unpaired) electrons. The van der Waals surface area contributed by atoms with Gasteiger partial charge >= 0.3 is 6.01 Å². The maximum absolute atomic E-state index is 12.8. The lowest BCUT2D eigenvalue weighted by atomic mass is 10.2. The molecule has 5 rings (SSSR count). The van der Waals surface area contributed by atoms with Crippen LogP contribution in [0.25, 0.3) is 11.5 Å². The van der Waals surface area contributed by atoms with E-state index in [0.29, 0.717) is 36.9 Å². The van der Waals surface area contributed by atoms with Crippen LogP contribution in [0.5, 0.6) is 11.5 Å². The number of aromatic nitrogens is 2. The first-order valence-corrected chi connectivity index (χ1v) is 12.6. The molecule has 0 saturated carbocycles. The first-order chi connectivity index (χ1) is 16.9. The van der Waals surface area contributed by atoms with Crippen LogP contribution in [-0.2, 0) is 14.8 Å². The minimum atomic E-state index is -3.70. The molecule has 1 N–H and O–H groups in total. The van der Waals surface area contributed by atoms with Crippen molar-refractivity contribution in [3.8, 4) is 23.0 Å². The normalized spacial score (nSPS) is 17.5. The summed E-state index contributed by atoms with van der Waals surface area (Å²) in [6, 6.07) is 10.8. The predicted molar refractivity (Wildman–Crippen MR) is 124 cm³/mol. The van der Waals surface area contributed by atoms with Crippen molar-refractivity contribution in [2.45, 2.75) is 23.8 Å². The molecule has 1 atom stereocenters. The van der Waals surface area contributed by atoms with Crippen molar-refractivity contribution in [2.24, 2.45) is 0 Å². The molecule has 2 aliphatic heterocycles. The molecular formula is C23H24N4O7S. The molecule has 3 aromatic rings. The number of carbonyl (C=O) groups excluding carboxylic acids is 1. The first kappa shape index (κ1) is 23.3. The van der Waals surface area contributed by atoms with Crippen molar-refractivity contribution in [3.05, 3.63) is 48.0 Å². The number of anilines is 1. The second kappa shape index (κ2) is 9.64. The highest BCUT2D eigenvalue weighted by Gasteiger charge is 2.26. The van der Waals surface area contributed by atoms with Crippen LogP contribution in [-0.4, -0.2) is 68.3 Å². The molecule has 1 amide bonds. The molecule has 184 valence electrons. The summed E-state index contributed by atoms with van der Waals surface area (Å²) in [5.74, 6) is 0.901. The number of benzene rings is 2. The SMILES string of the molecule is CN(CC1CCCO1)S(=O)(=O)c1ccc(C(=O)Nc2nnc(-c3ccc4c(c3)OCCO4)o2)cc1. The smallest absolute Gasteiger partial charge is 0.322 e.